The van der Waals surface area contributed by atoms with Crippen LogP contribution in [0.15, 0.2) is 41.8 Å². The van der Waals surface area contributed by atoms with Crippen molar-refractivity contribution >= 4 is 22.9 Å². The van der Waals surface area contributed by atoms with E-state index in [-0.39, 0.29) is 5.84 Å². The van der Waals surface area contributed by atoms with Gasteiger partial charge in [0.15, 0.2) is 0 Å². The molecule has 0 spiro atoms. The van der Waals surface area contributed by atoms with Crippen LogP contribution in [-0.2, 0) is 6.54 Å². The Labute approximate surface area is 118 Å². The number of nitrogen functional groups attached to an aromatic ring is 1. The first kappa shape index (κ1) is 13.6. The first-order chi connectivity index (χ1) is 9.08. The Balaban J connectivity index is 2.21. The smallest absolute Gasteiger partial charge is 0.122 e. The Morgan fingerprint density at radius 1 is 1.26 bits per heavy atom. The Morgan fingerprint density at radius 3 is 2.42 bits per heavy atom. The van der Waals surface area contributed by atoms with Gasteiger partial charge in [0.1, 0.15) is 5.84 Å². The standard InChI is InChI=1S/C15H19N3S/c1-11(2)18(10-14-4-3-9-19-14)13-7-5-12(6-8-13)15(16)17/h3-9,11H,10H2,1-2H3,(H3,16,17). The van der Waals surface area contributed by atoms with Crippen molar-refractivity contribution in [2.75, 3.05) is 4.90 Å². The van der Waals surface area contributed by atoms with Crippen LogP contribution in [0.3, 0.4) is 0 Å². The van der Waals surface area contributed by atoms with Crippen molar-refractivity contribution in [1.29, 1.82) is 5.41 Å². The topological polar surface area (TPSA) is 53.1 Å². The second-order valence-corrected chi connectivity index (χ2v) is 5.79. The summed E-state index contributed by atoms with van der Waals surface area (Å²) in [6.45, 7) is 5.29. The van der Waals surface area contributed by atoms with Crippen molar-refractivity contribution in [3.05, 3.63) is 52.2 Å². The Kier molecular flexibility index (Phi) is 4.22. The molecular weight excluding hydrogens is 254 g/mol. The van der Waals surface area contributed by atoms with Crippen LogP contribution in [0.5, 0.6) is 0 Å². The molecule has 0 saturated heterocycles. The van der Waals surface area contributed by atoms with Crippen LogP contribution in [0.4, 0.5) is 5.69 Å². The predicted octanol–water partition coefficient (Wildman–Crippen LogP) is 3.45. The van der Waals surface area contributed by atoms with Crippen LogP contribution >= 0.6 is 11.3 Å². The molecule has 3 N–H and O–H groups in total. The van der Waals surface area contributed by atoms with Gasteiger partial charge in [0, 0.05) is 22.2 Å². The second kappa shape index (κ2) is 5.89. The molecule has 2 aromatic rings. The highest BCUT2D eigenvalue weighted by atomic mass is 32.1. The van der Waals surface area contributed by atoms with Gasteiger partial charge in [-0.15, -0.1) is 11.3 Å². The molecule has 0 aliphatic rings. The first-order valence-electron chi connectivity index (χ1n) is 6.31. The number of nitrogens with one attached hydrogen (secondary N) is 1. The lowest BCUT2D eigenvalue weighted by molar-refractivity contribution is 0.687. The highest BCUT2D eigenvalue weighted by molar-refractivity contribution is 7.09. The maximum absolute atomic E-state index is 7.42. The Bertz CT molecular complexity index is 529. The fourth-order valence-electron chi connectivity index (χ4n) is 1.97. The summed E-state index contributed by atoms with van der Waals surface area (Å²) >= 11 is 1.78. The van der Waals surface area contributed by atoms with Crippen molar-refractivity contribution < 1.29 is 0 Å². The second-order valence-electron chi connectivity index (χ2n) is 4.76. The van der Waals surface area contributed by atoms with Gasteiger partial charge in [0.25, 0.3) is 0 Å². The number of hydrogen-bond acceptors (Lipinski definition) is 3. The maximum Gasteiger partial charge on any atom is 0.122 e. The lowest BCUT2D eigenvalue weighted by Gasteiger charge is -2.28. The molecule has 0 saturated carbocycles. The molecule has 0 aliphatic carbocycles. The van der Waals surface area contributed by atoms with E-state index < -0.39 is 0 Å². The summed E-state index contributed by atoms with van der Waals surface area (Å²) in [7, 11) is 0. The number of benzene rings is 1. The van der Waals surface area contributed by atoms with Gasteiger partial charge in [-0.3, -0.25) is 5.41 Å². The molecule has 1 aromatic heterocycles. The lowest BCUT2D eigenvalue weighted by atomic mass is 10.1. The third-order valence-corrected chi connectivity index (χ3v) is 3.90. The van der Waals surface area contributed by atoms with E-state index in [1.165, 1.54) is 4.88 Å². The van der Waals surface area contributed by atoms with E-state index in [2.05, 4.69) is 36.3 Å². The quantitative estimate of drug-likeness (QED) is 0.647. The van der Waals surface area contributed by atoms with Crippen LogP contribution in [0, 0.1) is 5.41 Å². The highest BCUT2D eigenvalue weighted by Gasteiger charge is 2.12. The maximum atomic E-state index is 7.42. The third-order valence-electron chi connectivity index (χ3n) is 3.04. The fraction of sp³-hybridized carbons (Fsp3) is 0.267. The van der Waals surface area contributed by atoms with E-state index in [9.17, 15) is 0 Å². The molecule has 100 valence electrons. The molecule has 0 unspecified atom stereocenters. The van der Waals surface area contributed by atoms with E-state index in [4.69, 9.17) is 11.1 Å². The molecule has 0 amide bonds. The van der Waals surface area contributed by atoms with Crippen LogP contribution in [0.25, 0.3) is 0 Å². The summed E-state index contributed by atoms with van der Waals surface area (Å²) in [6.07, 6.45) is 0. The summed E-state index contributed by atoms with van der Waals surface area (Å²) in [5, 5.41) is 9.53. The minimum absolute atomic E-state index is 0.112. The molecule has 0 fully saturated rings. The van der Waals surface area contributed by atoms with E-state index >= 15 is 0 Å². The molecule has 19 heavy (non-hydrogen) atoms. The van der Waals surface area contributed by atoms with Crippen molar-refractivity contribution in [3.63, 3.8) is 0 Å². The van der Waals surface area contributed by atoms with Crippen LogP contribution in [0.2, 0.25) is 0 Å². The number of amidine groups is 1. The molecule has 1 aromatic carbocycles. The van der Waals surface area contributed by atoms with Crippen molar-refractivity contribution in [2.45, 2.75) is 26.4 Å². The minimum Gasteiger partial charge on any atom is -0.384 e. The number of nitrogens with two attached hydrogens (primary N) is 1. The number of rotatable bonds is 5. The number of thiophene rings is 1. The van der Waals surface area contributed by atoms with E-state index in [0.29, 0.717) is 6.04 Å². The number of nitrogens with zero attached hydrogens (tertiary/aromatic N) is 1. The van der Waals surface area contributed by atoms with Crippen molar-refractivity contribution in [1.82, 2.24) is 0 Å². The van der Waals surface area contributed by atoms with E-state index in [0.717, 1.165) is 17.8 Å². The Hall–Kier alpha value is -1.81. The van der Waals surface area contributed by atoms with Gasteiger partial charge in [-0.05, 0) is 49.6 Å². The summed E-state index contributed by atoms with van der Waals surface area (Å²) in [5.74, 6) is 0.112. The lowest BCUT2D eigenvalue weighted by Crippen LogP contribution is -2.29. The monoisotopic (exact) mass is 273 g/mol. The van der Waals surface area contributed by atoms with Crippen molar-refractivity contribution in [2.24, 2.45) is 5.73 Å². The largest absolute Gasteiger partial charge is 0.384 e. The molecule has 0 bridgehead atoms. The highest BCUT2D eigenvalue weighted by Crippen LogP contribution is 2.22. The fourth-order valence-corrected chi connectivity index (χ4v) is 2.68. The molecule has 1 heterocycles. The molecule has 0 atom stereocenters. The summed E-state index contributed by atoms with van der Waals surface area (Å²) in [6, 6.07) is 12.5. The van der Waals surface area contributed by atoms with Gasteiger partial charge in [0.2, 0.25) is 0 Å². The minimum atomic E-state index is 0.112. The number of anilines is 1. The van der Waals surface area contributed by atoms with Crippen LogP contribution in [0.1, 0.15) is 24.3 Å². The van der Waals surface area contributed by atoms with Gasteiger partial charge in [-0.1, -0.05) is 6.07 Å². The van der Waals surface area contributed by atoms with Crippen LogP contribution < -0.4 is 10.6 Å². The summed E-state index contributed by atoms with van der Waals surface area (Å²) in [5.41, 5.74) is 7.41. The van der Waals surface area contributed by atoms with E-state index in [1.807, 2.05) is 24.3 Å². The zero-order chi connectivity index (χ0) is 13.8. The first-order valence-corrected chi connectivity index (χ1v) is 7.19. The average molecular weight is 273 g/mol. The molecule has 0 radical (unpaired) electrons. The zero-order valence-corrected chi connectivity index (χ0v) is 12.1. The normalized spacial score (nSPS) is 10.7. The average Bonchev–Trinajstić information content (AvgIpc) is 2.88. The van der Waals surface area contributed by atoms with Gasteiger partial charge >= 0.3 is 0 Å². The summed E-state index contributed by atoms with van der Waals surface area (Å²) < 4.78 is 0. The van der Waals surface area contributed by atoms with Gasteiger partial charge in [0.05, 0.1) is 6.54 Å². The van der Waals surface area contributed by atoms with Crippen LogP contribution in [-0.4, -0.2) is 11.9 Å². The summed E-state index contributed by atoms with van der Waals surface area (Å²) in [4.78, 5) is 3.69. The Morgan fingerprint density at radius 2 is 1.95 bits per heavy atom. The molecule has 0 aliphatic heterocycles. The van der Waals surface area contributed by atoms with Gasteiger partial charge in [-0.2, -0.15) is 0 Å². The van der Waals surface area contributed by atoms with Crippen molar-refractivity contribution in [3.8, 4) is 0 Å². The SMILES string of the molecule is CC(C)N(Cc1cccs1)c1ccc(C(=N)N)cc1. The molecule has 4 heteroatoms. The van der Waals surface area contributed by atoms with Gasteiger partial charge in [-0.25, -0.2) is 0 Å². The number of hydrogen-bond donors (Lipinski definition) is 2. The molecular formula is C15H19N3S. The third kappa shape index (κ3) is 3.35. The predicted molar refractivity (Wildman–Crippen MR) is 83.1 cm³/mol. The zero-order valence-electron chi connectivity index (χ0n) is 11.3. The molecule has 2 rings (SSSR count). The molecule has 3 nitrogen and oxygen atoms in total. The van der Waals surface area contributed by atoms with Gasteiger partial charge < -0.3 is 10.6 Å². The van der Waals surface area contributed by atoms with E-state index in [1.54, 1.807) is 11.3 Å².